The Hall–Kier alpha value is -0.300. The molecule has 0 saturated heterocycles. The first-order valence-corrected chi connectivity index (χ1v) is 4.07. The first-order valence-electron chi connectivity index (χ1n) is 4.07. The van der Waals surface area contributed by atoms with Crippen LogP contribution < -0.4 is 5.73 Å². The summed E-state index contributed by atoms with van der Waals surface area (Å²) < 4.78 is 0. The Morgan fingerprint density at radius 2 is 2.20 bits per heavy atom. The third-order valence-electron chi connectivity index (χ3n) is 2.37. The van der Waals surface area contributed by atoms with Crippen molar-refractivity contribution in [1.29, 1.82) is 0 Å². The summed E-state index contributed by atoms with van der Waals surface area (Å²) in [6, 6.07) is 0.386. The summed E-state index contributed by atoms with van der Waals surface area (Å²) in [7, 11) is 0. The molecule has 0 spiro atoms. The lowest BCUT2D eigenvalue weighted by Crippen LogP contribution is -2.22. The van der Waals surface area contributed by atoms with Crippen LogP contribution in [0.5, 0.6) is 0 Å². The second-order valence-corrected chi connectivity index (χ2v) is 3.62. The average molecular weight is 139 g/mol. The van der Waals surface area contributed by atoms with Crippen molar-refractivity contribution in [2.75, 3.05) is 0 Å². The van der Waals surface area contributed by atoms with Crippen molar-refractivity contribution >= 4 is 0 Å². The summed E-state index contributed by atoms with van der Waals surface area (Å²) >= 11 is 0. The van der Waals surface area contributed by atoms with E-state index >= 15 is 0 Å². The van der Waals surface area contributed by atoms with Crippen molar-refractivity contribution in [3.8, 4) is 0 Å². The molecule has 0 fully saturated rings. The second kappa shape index (κ2) is 2.75. The summed E-state index contributed by atoms with van der Waals surface area (Å²) in [6.07, 6.45) is 3.44. The summed E-state index contributed by atoms with van der Waals surface area (Å²) in [5.41, 5.74) is 7.40. The lowest BCUT2D eigenvalue weighted by atomic mass is 10.0. The maximum atomic E-state index is 5.85. The number of hydrogen-bond donors (Lipinski definition) is 1. The number of nitrogens with two attached hydrogens (primary N) is 1. The topological polar surface area (TPSA) is 26.0 Å². The molecule has 1 aliphatic carbocycles. The summed E-state index contributed by atoms with van der Waals surface area (Å²) in [6.45, 7) is 6.66. The zero-order valence-electron chi connectivity index (χ0n) is 7.09. The summed E-state index contributed by atoms with van der Waals surface area (Å²) in [5, 5.41) is 0. The van der Waals surface area contributed by atoms with Gasteiger partial charge in [-0.05, 0) is 18.3 Å². The van der Waals surface area contributed by atoms with Gasteiger partial charge in [-0.2, -0.15) is 0 Å². The van der Waals surface area contributed by atoms with Gasteiger partial charge in [-0.15, -0.1) is 0 Å². The third kappa shape index (κ3) is 1.40. The number of hydrogen-bond acceptors (Lipinski definition) is 1. The Bertz CT molecular complexity index is 147. The molecule has 1 heteroatoms. The van der Waals surface area contributed by atoms with E-state index in [2.05, 4.69) is 26.8 Å². The quantitative estimate of drug-likeness (QED) is 0.552. The van der Waals surface area contributed by atoms with E-state index in [4.69, 9.17) is 5.73 Å². The van der Waals surface area contributed by atoms with Crippen molar-refractivity contribution < 1.29 is 0 Å². The highest BCUT2D eigenvalue weighted by Gasteiger charge is 2.21. The fourth-order valence-corrected chi connectivity index (χ4v) is 1.42. The van der Waals surface area contributed by atoms with E-state index in [1.165, 1.54) is 0 Å². The van der Waals surface area contributed by atoms with Crippen LogP contribution in [-0.2, 0) is 0 Å². The van der Waals surface area contributed by atoms with Gasteiger partial charge in [0.15, 0.2) is 0 Å². The lowest BCUT2D eigenvalue weighted by molar-refractivity contribution is 0.565. The van der Waals surface area contributed by atoms with Crippen molar-refractivity contribution in [3.63, 3.8) is 0 Å². The Balaban J connectivity index is 2.58. The molecule has 2 N–H and O–H groups in total. The van der Waals surface area contributed by atoms with E-state index < -0.39 is 0 Å². The average Bonchev–Trinajstić information content (AvgIpc) is 2.13. The molecule has 1 aliphatic rings. The van der Waals surface area contributed by atoms with Crippen LogP contribution in [-0.4, -0.2) is 6.04 Å². The Labute approximate surface area is 63.3 Å². The van der Waals surface area contributed by atoms with Crippen LogP contribution in [0.25, 0.3) is 0 Å². The van der Waals surface area contributed by atoms with Crippen LogP contribution in [0.3, 0.4) is 0 Å². The SMILES string of the molecule is CC(C)C1=CC(C)C(N)C1. The van der Waals surface area contributed by atoms with Gasteiger partial charge in [0.2, 0.25) is 0 Å². The predicted octanol–water partition coefficient (Wildman–Crippen LogP) is 1.94. The van der Waals surface area contributed by atoms with E-state index in [9.17, 15) is 0 Å². The Kier molecular flexibility index (Phi) is 2.14. The normalized spacial score (nSPS) is 33.1. The van der Waals surface area contributed by atoms with E-state index in [-0.39, 0.29) is 0 Å². The zero-order chi connectivity index (χ0) is 7.72. The highest BCUT2D eigenvalue weighted by molar-refractivity contribution is 5.16. The molecule has 0 aromatic carbocycles. The molecule has 10 heavy (non-hydrogen) atoms. The van der Waals surface area contributed by atoms with E-state index in [1.807, 2.05) is 0 Å². The molecule has 2 unspecified atom stereocenters. The monoisotopic (exact) mass is 139 g/mol. The fraction of sp³-hybridized carbons (Fsp3) is 0.778. The van der Waals surface area contributed by atoms with Gasteiger partial charge in [-0.1, -0.05) is 32.4 Å². The number of rotatable bonds is 1. The predicted molar refractivity (Wildman–Crippen MR) is 44.7 cm³/mol. The van der Waals surface area contributed by atoms with Crippen LogP contribution in [0.2, 0.25) is 0 Å². The van der Waals surface area contributed by atoms with Crippen molar-refractivity contribution in [1.82, 2.24) is 0 Å². The molecule has 0 aromatic rings. The fourth-order valence-electron chi connectivity index (χ4n) is 1.42. The largest absolute Gasteiger partial charge is 0.327 e. The van der Waals surface area contributed by atoms with E-state index in [1.54, 1.807) is 5.57 Å². The van der Waals surface area contributed by atoms with Gasteiger partial charge in [0.25, 0.3) is 0 Å². The molecule has 0 amide bonds. The van der Waals surface area contributed by atoms with Crippen molar-refractivity contribution in [3.05, 3.63) is 11.6 Å². The Morgan fingerprint density at radius 1 is 1.60 bits per heavy atom. The molecule has 1 rings (SSSR count). The summed E-state index contributed by atoms with van der Waals surface area (Å²) in [4.78, 5) is 0. The molecule has 0 saturated carbocycles. The smallest absolute Gasteiger partial charge is 0.0137 e. The van der Waals surface area contributed by atoms with Crippen molar-refractivity contribution in [2.24, 2.45) is 17.6 Å². The molecule has 58 valence electrons. The molecular weight excluding hydrogens is 122 g/mol. The van der Waals surface area contributed by atoms with Gasteiger partial charge in [-0.3, -0.25) is 0 Å². The van der Waals surface area contributed by atoms with Gasteiger partial charge >= 0.3 is 0 Å². The Morgan fingerprint density at radius 3 is 2.40 bits per heavy atom. The van der Waals surface area contributed by atoms with E-state index in [0.29, 0.717) is 17.9 Å². The van der Waals surface area contributed by atoms with Crippen LogP contribution in [0.4, 0.5) is 0 Å². The lowest BCUT2D eigenvalue weighted by Gasteiger charge is -2.08. The minimum atomic E-state index is 0.386. The first-order chi connectivity index (χ1) is 4.61. The third-order valence-corrected chi connectivity index (χ3v) is 2.37. The highest BCUT2D eigenvalue weighted by Crippen LogP contribution is 2.27. The van der Waals surface area contributed by atoms with E-state index in [0.717, 1.165) is 6.42 Å². The molecule has 0 radical (unpaired) electrons. The maximum absolute atomic E-state index is 5.85. The summed E-state index contributed by atoms with van der Waals surface area (Å²) in [5.74, 6) is 1.29. The standard InChI is InChI=1S/C9H17N/c1-6(2)8-4-7(3)9(10)5-8/h4,6-7,9H,5,10H2,1-3H3. The van der Waals surface area contributed by atoms with Gasteiger partial charge in [0.05, 0.1) is 0 Å². The van der Waals surface area contributed by atoms with Crippen molar-refractivity contribution in [2.45, 2.75) is 33.2 Å². The molecular formula is C9H17N. The van der Waals surface area contributed by atoms with Gasteiger partial charge in [0.1, 0.15) is 0 Å². The molecule has 0 aromatic heterocycles. The minimum Gasteiger partial charge on any atom is -0.327 e. The van der Waals surface area contributed by atoms with Gasteiger partial charge in [0, 0.05) is 6.04 Å². The maximum Gasteiger partial charge on any atom is 0.0137 e. The van der Waals surface area contributed by atoms with Crippen LogP contribution in [0.1, 0.15) is 27.2 Å². The zero-order valence-corrected chi connectivity index (χ0v) is 7.09. The molecule has 0 bridgehead atoms. The van der Waals surface area contributed by atoms with Gasteiger partial charge in [-0.25, -0.2) is 0 Å². The van der Waals surface area contributed by atoms with Gasteiger partial charge < -0.3 is 5.73 Å². The molecule has 2 atom stereocenters. The minimum absolute atomic E-state index is 0.386. The van der Waals surface area contributed by atoms with Crippen LogP contribution in [0.15, 0.2) is 11.6 Å². The molecule has 1 nitrogen and oxygen atoms in total. The first kappa shape index (κ1) is 7.80. The van der Waals surface area contributed by atoms with Crippen LogP contribution >= 0.6 is 0 Å². The second-order valence-electron chi connectivity index (χ2n) is 3.62. The highest BCUT2D eigenvalue weighted by atomic mass is 14.7. The van der Waals surface area contributed by atoms with Crippen LogP contribution in [0, 0.1) is 11.8 Å². The molecule has 0 heterocycles. The molecule has 0 aliphatic heterocycles.